The fraction of sp³-hybridized carbons (Fsp3) is 0.385. The largest absolute Gasteiger partial charge is 0.481 e. The number of hydrogen-bond donors (Lipinski definition) is 3. The number of H-pyrrole nitrogens is 1. The number of piperidine rings is 1. The number of carboxylic acid groups (broad SMARTS) is 2. The van der Waals surface area contributed by atoms with Crippen LogP contribution in [0.2, 0.25) is 0 Å². The lowest BCUT2D eigenvalue weighted by molar-refractivity contribution is -0.151. The van der Waals surface area contributed by atoms with Gasteiger partial charge >= 0.3 is 11.9 Å². The molecule has 1 aliphatic heterocycles. The fourth-order valence-corrected chi connectivity index (χ4v) is 5.57. The molecule has 0 bridgehead atoms. The van der Waals surface area contributed by atoms with Gasteiger partial charge in [0, 0.05) is 25.2 Å². The molecule has 8 nitrogen and oxygen atoms in total. The molecule has 0 amide bonds. The van der Waals surface area contributed by atoms with Crippen molar-refractivity contribution < 1.29 is 19.8 Å². The maximum Gasteiger partial charge on any atom is 0.314 e. The number of carboxylic acids is 2. The molecule has 1 fully saturated rings. The first-order valence-electron chi connectivity index (χ1n) is 11.6. The molecule has 3 heterocycles. The zero-order chi connectivity index (χ0) is 23.9. The van der Waals surface area contributed by atoms with Crippen LogP contribution in [0.5, 0.6) is 0 Å². The van der Waals surface area contributed by atoms with Crippen LogP contribution in [0.3, 0.4) is 0 Å². The summed E-state index contributed by atoms with van der Waals surface area (Å²) in [5.41, 5.74) is 0.0685. The molecule has 3 atom stereocenters. The molecule has 0 saturated carbocycles. The topological polar surface area (TPSA) is 119 Å². The molecular weight excluding hydrogens is 432 g/mol. The monoisotopic (exact) mass is 460 g/mol. The Balaban J connectivity index is 1.47. The van der Waals surface area contributed by atoms with Crippen LogP contribution < -0.4 is 4.90 Å². The Kier molecular flexibility index (Phi) is 5.38. The summed E-state index contributed by atoms with van der Waals surface area (Å²) in [4.78, 5) is 38.7. The summed E-state index contributed by atoms with van der Waals surface area (Å²) in [6.45, 7) is 3.26. The number of nitrogens with zero attached hydrogens (tertiary/aromatic N) is 3. The van der Waals surface area contributed by atoms with Crippen LogP contribution in [0.4, 0.5) is 5.82 Å². The van der Waals surface area contributed by atoms with E-state index in [4.69, 9.17) is 0 Å². The van der Waals surface area contributed by atoms with Gasteiger partial charge in [-0.05, 0) is 49.8 Å². The summed E-state index contributed by atoms with van der Waals surface area (Å²) >= 11 is 0. The van der Waals surface area contributed by atoms with Crippen molar-refractivity contribution in [3.8, 4) is 0 Å². The highest BCUT2D eigenvalue weighted by Gasteiger charge is 2.49. The number of anilines is 1. The number of rotatable bonds is 5. The Labute approximate surface area is 197 Å². The molecule has 1 saturated heterocycles. The van der Waals surface area contributed by atoms with Crippen molar-refractivity contribution in [1.82, 2.24) is 15.0 Å². The molecule has 3 unspecified atom stereocenters. The second kappa shape index (κ2) is 8.27. The number of hydrogen-bond acceptors (Lipinski definition) is 5. The molecule has 0 spiro atoms. The number of nitrogens with one attached hydrogen (secondary N) is 1. The Bertz CT molecular complexity index is 1280. The van der Waals surface area contributed by atoms with Crippen LogP contribution in [0.15, 0.2) is 55.0 Å². The summed E-state index contributed by atoms with van der Waals surface area (Å²) in [5, 5.41) is 21.0. The molecule has 8 heteroatoms. The predicted molar refractivity (Wildman–Crippen MR) is 128 cm³/mol. The number of aliphatic carboxylic acids is 2. The minimum atomic E-state index is -1.27. The minimum absolute atomic E-state index is 0.0216. The van der Waals surface area contributed by atoms with Gasteiger partial charge in [0.2, 0.25) is 0 Å². The summed E-state index contributed by atoms with van der Waals surface area (Å²) in [6, 6.07) is 9.75. The van der Waals surface area contributed by atoms with E-state index in [1.807, 2.05) is 36.5 Å². The van der Waals surface area contributed by atoms with Gasteiger partial charge in [-0.1, -0.05) is 36.4 Å². The molecular formula is C26H28N4O4. The van der Waals surface area contributed by atoms with Crippen molar-refractivity contribution in [3.63, 3.8) is 0 Å². The van der Waals surface area contributed by atoms with Gasteiger partial charge in [-0.25, -0.2) is 9.97 Å². The highest BCUT2D eigenvalue weighted by molar-refractivity contribution is 5.87. The number of benzene rings is 1. The Morgan fingerprint density at radius 3 is 2.82 bits per heavy atom. The van der Waals surface area contributed by atoms with Crippen LogP contribution >= 0.6 is 0 Å². The first-order valence-corrected chi connectivity index (χ1v) is 11.6. The van der Waals surface area contributed by atoms with Crippen molar-refractivity contribution in [2.24, 2.45) is 5.41 Å². The van der Waals surface area contributed by atoms with Gasteiger partial charge in [0.25, 0.3) is 0 Å². The van der Waals surface area contributed by atoms with E-state index in [9.17, 15) is 19.8 Å². The van der Waals surface area contributed by atoms with E-state index >= 15 is 0 Å². The molecule has 1 aromatic carbocycles. The second-order valence-corrected chi connectivity index (χ2v) is 9.74. The van der Waals surface area contributed by atoms with Crippen LogP contribution in [0.25, 0.3) is 11.0 Å². The summed E-state index contributed by atoms with van der Waals surface area (Å²) in [7, 11) is 0. The number of allylic oxidation sites excluding steroid dienone is 1. The van der Waals surface area contributed by atoms with Crippen LogP contribution in [0, 0.1) is 5.41 Å². The van der Waals surface area contributed by atoms with Crippen LogP contribution in [-0.4, -0.2) is 50.2 Å². The van der Waals surface area contributed by atoms with Crippen molar-refractivity contribution >= 4 is 28.8 Å². The second-order valence-electron chi connectivity index (χ2n) is 9.74. The molecule has 5 rings (SSSR count). The van der Waals surface area contributed by atoms with Gasteiger partial charge in [0.1, 0.15) is 17.8 Å². The van der Waals surface area contributed by atoms with E-state index in [0.29, 0.717) is 5.56 Å². The van der Waals surface area contributed by atoms with Gasteiger partial charge in [-0.15, -0.1) is 0 Å². The number of fused-ring (bicyclic) bond motifs is 1. The van der Waals surface area contributed by atoms with Crippen LogP contribution in [-0.2, 0) is 15.0 Å². The SMILES string of the molecule is CC1(C(=O)O)C=CCC(C(=O)O)(c2cccc(C3CCCN(c4ncnc5[nH]ccc45)C3)c2)C1. The van der Waals surface area contributed by atoms with Gasteiger partial charge in [0.15, 0.2) is 0 Å². The predicted octanol–water partition coefficient (Wildman–Crippen LogP) is 4.11. The third kappa shape index (κ3) is 3.63. The smallest absolute Gasteiger partial charge is 0.314 e. The number of aromatic amines is 1. The van der Waals surface area contributed by atoms with Crippen molar-refractivity contribution in [2.75, 3.05) is 18.0 Å². The van der Waals surface area contributed by atoms with Gasteiger partial charge in [-0.3, -0.25) is 9.59 Å². The highest BCUT2D eigenvalue weighted by Crippen LogP contribution is 2.46. The summed E-state index contributed by atoms with van der Waals surface area (Å²) < 4.78 is 0. The molecule has 3 aromatic rings. The first-order chi connectivity index (χ1) is 16.3. The van der Waals surface area contributed by atoms with Crippen molar-refractivity contribution in [2.45, 2.75) is 43.9 Å². The van der Waals surface area contributed by atoms with Crippen molar-refractivity contribution in [3.05, 3.63) is 66.1 Å². The van der Waals surface area contributed by atoms with Gasteiger partial charge in [-0.2, -0.15) is 0 Å². The third-order valence-corrected chi connectivity index (χ3v) is 7.48. The summed E-state index contributed by atoms with van der Waals surface area (Å²) in [5.74, 6) is -0.867. The lowest BCUT2D eigenvalue weighted by Gasteiger charge is -2.39. The molecule has 3 N–H and O–H groups in total. The molecule has 0 radical (unpaired) electrons. The van der Waals surface area contributed by atoms with E-state index < -0.39 is 22.8 Å². The average Bonchev–Trinajstić information content (AvgIpc) is 3.33. The molecule has 2 aromatic heterocycles. The zero-order valence-corrected chi connectivity index (χ0v) is 19.1. The zero-order valence-electron chi connectivity index (χ0n) is 19.1. The van der Waals surface area contributed by atoms with E-state index in [-0.39, 0.29) is 18.8 Å². The molecule has 2 aliphatic rings. The van der Waals surface area contributed by atoms with Crippen LogP contribution in [0.1, 0.15) is 49.7 Å². The minimum Gasteiger partial charge on any atom is -0.481 e. The lowest BCUT2D eigenvalue weighted by Crippen LogP contribution is -2.45. The Morgan fingerprint density at radius 2 is 2.03 bits per heavy atom. The maximum absolute atomic E-state index is 12.6. The number of carbonyl (C=O) groups is 2. The van der Waals surface area contributed by atoms with E-state index in [2.05, 4.69) is 19.9 Å². The average molecular weight is 461 g/mol. The highest BCUT2D eigenvalue weighted by atomic mass is 16.4. The van der Waals surface area contributed by atoms with E-state index in [1.165, 1.54) is 0 Å². The lowest BCUT2D eigenvalue weighted by atomic mass is 9.63. The summed E-state index contributed by atoms with van der Waals surface area (Å²) in [6.07, 6.45) is 9.06. The normalized spacial score (nSPS) is 27.1. The third-order valence-electron chi connectivity index (χ3n) is 7.48. The molecule has 176 valence electrons. The first kappa shape index (κ1) is 22.1. The molecule has 34 heavy (non-hydrogen) atoms. The van der Waals surface area contributed by atoms with Crippen molar-refractivity contribution in [1.29, 1.82) is 0 Å². The van der Waals surface area contributed by atoms with Gasteiger partial charge in [0.05, 0.1) is 16.2 Å². The van der Waals surface area contributed by atoms with E-state index in [0.717, 1.165) is 48.3 Å². The van der Waals surface area contributed by atoms with E-state index in [1.54, 1.807) is 25.4 Å². The maximum atomic E-state index is 12.6. The fourth-order valence-electron chi connectivity index (χ4n) is 5.57. The Hall–Kier alpha value is -3.68. The quantitative estimate of drug-likeness (QED) is 0.490. The number of aromatic nitrogens is 3. The van der Waals surface area contributed by atoms with Gasteiger partial charge < -0.3 is 20.1 Å². The standard InChI is InChI=1S/C26H28N4O4/c1-25(23(31)32)9-4-10-26(15-25,24(33)34)19-7-2-5-17(13-19)18-6-3-12-30(14-18)22-20-8-11-27-21(20)28-16-29-22/h2,4-5,7-9,11,13,16,18H,3,6,10,12,14-15H2,1H3,(H,31,32)(H,33,34)(H,27,28,29). The Morgan fingerprint density at radius 1 is 1.18 bits per heavy atom. The molecule has 1 aliphatic carbocycles.